The number of aromatic amines is 1. The number of fused-ring (bicyclic) bond motifs is 3. The Kier molecular flexibility index (Phi) is 5.40. The van der Waals surface area contributed by atoms with Gasteiger partial charge in [-0.05, 0) is 61.2 Å². The fourth-order valence-electron chi connectivity index (χ4n) is 4.15. The number of H-pyrrole nitrogens is 1. The maximum atomic E-state index is 12.2. The second-order valence-corrected chi connectivity index (χ2v) is 8.58. The summed E-state index contributed by atoms with van der Waals surface area (Å²) in [6.07, 6.45) is -0.229. The number of hydrogen-bond donors (Lipinski definition) is 4. The maximum absolute atomic E-state index is 12.2. The van der Waals surface area contributed by atoms with E-state index in [1.54, 1.807) is 26.0 Å². The maximum Gasteiger partial charge on any atom is 0.250 e. The van der Waals surface area contributed by atoms with Gasteiger partial charge in [-0.25, -0.2) is 0 Å². The highest BCUT2D eigenvalue weighted by Crippen LogP contribution is 2.39. The first-order valence-corrected chi connectivity index (χ1v) is 10.5. The molecule has 0 saturated carbocycles. The Hall–Kier alpha value is -4.15. The third kappa shape index (κ3) is 3.93. The van der Waals surface area contributed by atoms with Crippen molar-refractivity contribution in [3.05, 3.63) is 65.2 Å². The van der Waals surface area contributed by atoms with Crippen LogP contribution in [0.25, 0.3) is 32.9 Å². The van der Waals surface area contributed by atoms with Gasteiger partial charge in [-0.2, -0.15) is 5.26 Å². The number of benzene rings is 3. The van der Waals surface area contributed by atoms with Gasteiger partial charge >= 0.3 is 0 Å². The normalized spacial score (nSPS) is 11.5. The molecule has 0 unspecified atom stereocenters. The van der Waals surface area contributed by atoms with E-state index in [0.717, 1.165) is 38.5 Å². The Balaban J connectivity index is 1.99. The Labute approximate surface area is 190 Å². The minimum Gasteiger partial charge on any atom is -0.386 e. The van der Waals surface area contributed by atoms with E-state index in [1.165, 1.54) is 0 Å². The van der Waals surface area contributed by atoms with Gasteiger partial charge in [0.25, 0.3) is 5.91 Å². The predicted molar refractivity (Wildman–Crippen MR) is 129 cm³/mol. The molecule has 7 nitrogen and oxygen atoms in total. The van der Waals surface area contributed by atoms with E-state index in [1.807, 2.05) is 49.4 Å². The van der Waals surface area contributed by atoms with Crippen molar-refractivity contribution in [2.24, 2.45) is 5.73 Å². The van der Waals surface area contributed by atoms with E-state index in [2.05, 4.69) is 10.3 Å². The van der Waals surface area contributed by atoms with Gasteiger partial charge in [0.2, 0.25) is 5.91 Å². The lowest BCUT2D eigenvalue weighted by Crippen LogP contribution is -2.14. The van der Waals surface area contributed by atoms with E-state index in [4.69, 9.17) is 11.0 Å². The molecule has 166 valence electrons. The number of nitrogens with two attached hydrogens (primary N) is 1. The molecule has 0 fully saturated rings. The topological polar surface area (TPSA) is 132 Å². The van der Waals surface area contributed by atoms with Gasteiger partial charge in [-0.3, -0.25) is 9.59 Å². The number of carbonyl (C=O) groups excluding carboxylic acids is 2. The van der Waals surface area contributed by atoms with E-state index >= 15 is 0 Å². The molecule has 0 aliphatic carbocycles. The molecule has 0 spiro atoms. The van der Waals surface area contributed by atoms with Crippen molar-refractivity contribution in [2.75, 3.05) is 5.32 Å². The third-order valence-corrected chi connectivity index (χ3v) is 5.86. The fraction of sp³-hybridized carbons (Fsp3) is 0.192. The van der Waals surface area contributed by atoms with Crippen molar-refractivity contribution >= 4 is 39.3 Å². The number of nitrogens with one attached hydrogen (secondary N) is 2. The van der Waals surface area contributed by atoms with E-state index < -0.39 is 11.5 Å². The summed E-state index contributed by atoms with van der Waals surface area (Å²) in [5.74, 6) is -0.923. The summed E-state index contributed by atoms with van der Waals surface area (Å²) in [4.78, 5) is 27.5. The Morgan fingerprint density at radius 3 is 2.58 bits per heavy atom. The molecule has 0 aliphatic rings. The van der Waals surface area contributed by atoms with Gasteiger partial charge in [0.15, 0.2) is 0 Å². The third-order valence-electron chi connectivity index (χ3n) is 5.86. The lowest BCUT2D eigenvalue weighted by Gasteiger charge is -2.17. The smallest absolute Gasteiger partial charge is 0.250 e. The number of hydrogen-bond acceptors (Lipinski definition) is 4. The molecule has 0 atom stereocenters. The van der Waals surface area contributed by atoms with Crippen LogP contribution in [0.5, 0.6) is 0 Å². The summed E-state index contributed by atoms with van der Waals surface area (Å²) in [6, 6.07) is 16.6. The SMILES string of the molecule is Cc1c(NC(=O)CC#N)cccc1-c1ccc(C(N)=O)c2[nH]c3cc(C(C)(C)O)ccc3c12. The van der Waals surface area contributed by atoms with Gasteiger partial charge in [0.1, 0.15) is 6.42 Å². The number of aliphatic hydroxyl groups is 1. The molecule has 1 aromatic heterocycles. The van der Waals surface area contributed by atoms with Crippen LogP contribution >= 0.6 is 0 Å². The predicted octanol–water partition coefficient (Wildman–Crippen LogP) is 4.48. The molecule has 4 rings (SSSR count). The highest BCUT2D eigenvalue weighted by atomic mass is 16.3. The van der Waals surface area contributed by atoms with Gasteiger partial charge in [0.05, 0.1) is 22.8 Å². The first kappa shape index (κ1) is 22.1. The summed E-state index contributed by atoms with van der Waals surface area (Å²) in [5, 5.41) is 23.7. The monoisotopic (exact) mass is 440 g/mol. The van der Waals surface area contributed by atoms with Crippen molar-refractivity contribution < 1.29 is 14.7 Å². The number of nitriles is 1. The van der Waals surface area contributed by atoms with Crippen LogP contribution in [0.15, 0.2) is 48.5 Å². The molecule has 7 heteroatoms. The van der Waals surface area contributed by atoms with Crippen molar-refractivity contribution in [1.82, 2.24) is 4.98 Å². The first-order valence-electron chi connectivity index (χ1n) is 10.5. The second kappa shape index (κ2) is 8.08. The first-order chi connectivity index (χ1) is 15.6. The number of aromatic nitrogens is 1. The van der Waals surface area contributed by atoms with Gasteiger partial charge in [0, 0.05) is 22.0 Å². The average molecular weight is 441 g/mol. The summed E-state index contributed by atoms with van der Waals surface area (Å²) in [6.45, 7) is 5.32. The number of amides is 2. The zero-order chi connectivity index (χ0) is 23.9. The van der Waals surface area contributed by atoms with Crippen LogP contribution in [0, 0.1) is 18.3 Å². The van der Waals surface area contributed by atoms with Crippen LogP contribution < -0.4 is 11.1 Å². The number of anilines is 1. The molecule has 0 radical (unpaired) electrons. The highest BCUT2D eigenvalue weighted by molar-refractivity contribution is 6.20. The number of rotatable bonds is 5. The fourth-order valence-corrected chi connectivity index (χ4v) is 4.15. The van der Waals surface area contributed by atoms with Crippen molar-refractivity contribution in [3.8, 4) is 17.2 Å². The van der Waals surface area contributed by atoms with Gasteiger partial charge in [-0.1, -0.05) is 30.3 Å². The Bertz CT molecular complexity index is 1470. The molecule has 0 bridgehead atoms. The molecule has 0 saturated heterocycles. The average Bonchev–Trinajstić information content (AvgIpc) is 3.13. The Morgan fingerprint density at radius 1 is 1.15 bits per heavy atom. The molecule has 4 aromatic rings. The van der Waals surface area contributed by atoms with Crippen molar-refractivity contribution in [2.45, 2.75) is 32.8 Å². The van der Waals surface area contributed by atoms with Crippen molar-refractivity contribution in [3.63, 3.8) is 0 Å². The lowest BCUT2D eigenvalue weighted by atomic mass is 9.92. The van der Waals surface area contributed by atoms with Crippen molar-refractivity contribution in [1.29, 1.82) is 5.26 Å². The molecule has 3 aromatic carbocycles. The molecular formula is C26H24N4O3. The summed E-state index contributed by atoms with van der Waals surface area (Å²) in [5.41, 5.74) is 10.3. The minimum atomic E-state index is -1.02. The van der Waals surface area contributed by atoms with Gasteiger partial charge in [-0.15, -0.1) is 0 Å². The molecule has 2 amide bonds. The second-order valence-electron chi connectivity index (χ2n) is 8.58. The quantitative estimate of drug-likeness (QED) is 0.364. The minimum absolute atomic E-state index is 0.229. The number of nitrogens with zero attached hydrogens (tertiary/aromatic N) is 1. The van der Waals surface area contributed by atoms with Gasteiger partial charge < -0.3 is 21.1 Å². The summed E-state index contributed by atoms with van der Waals surface area (Å²) in [7, 11) is 0. The Morgan fingerprint density at radius 2 is 1.91 bits per heavy atom. The molecule has 5 N–H and O–H groups in total. The van der Waals surface area contributed by atoms with Crippen LogP contribution in [-0.4, -0.2) is 21.9 Å². The largest absolute Gasteiger partial charge is 0.386 e. The molecular weight excluding hydrogens is 416 g/mol. The van der Waals surface area contributed by atoms with Crippen LogP contribution in [0.2, 0.25) is 0 Å². The molecule has 0 aliphatic heterocycles. The highest BCUT2D eigenvalue weighted by Gasteiger charge is 2.21. The summed E-state index contributed by atoms with van der Waals surface area (Å²) >= 11 is 0. The van der Waals surface area contributed by atoms with Crippen LogP contribution in [0.3, 0.4) is 0 Å². The number of primary amides is 1. The molecule has 1 heterocycles. The van der Waals surface area contributed by atoms with E-state index in [9.17, 15) is 14.7 Å². The van der Waals surface area contributed by atoms with Crippen LogP contribution in [0.4, 0.5) is 5.69 Å². The zero-order valence-corrected chi connectivity index (χ0v) is 18.6. The van der Waals surface area contributed by atoms with Crippen LogP contribution in [-0.2, 0) is 10.4 Å². The van der Waals surface area contributed by atoms with E-state index in [0.29, 0.717) is 16.8 Å². The summed E-state index contributed by atoms with van der Waals surface area (Å²) < 4.78 is 0. The number of carbonyl (C=O) groups is 2. The lowest BCUT2D eigenvalue weighted by molar-refractivity contribution is -0.115. The standard InChI is InChI=1S/C26H24N4O3/c1-14-16(5-4-6-20(14)29-22(31)11-12-27)17-9-10-19(25(28)32)24-23(17)18-8-7-15(26(2,3)33)13-21(18)30-24/h4-10,13,30,33H,11H2,1-3H3,(H2,28,32)(H,29,31). The zero-order valence-electron chi connectivity index (χ0n) is 18.6. The molecule has 33 heavy (non-hydrogen) atoms. The van der Waals surface area contributed by atoms with E-state index in [-0.39, 0.29) is 12.3 Å². The van der Waals surface area contributed by atoms with Crippen LogP contribution in [0.1, 0.15) is 41.8 Å².